The second kappa shape index (κ2) is 11.4. The molecule has 0 bridgehead atoms. The van der Waals surface area contributed by atoms with Gasteiger partial charge < -0.3 is 20.1 Å². The van der Waals surface area contributed by atoms with E-state index in [4.69, 9.17) is 9.47 Å². The first-order valence-electron chi connectivity index (χ1n) is 12.1. The Balaban J connectivity index is 1.43. The Labute approximate surface area is 214 Å². The molecule has 0 saturated carbocycles. The number of nitrogens with one attached hydrogen (secondary N) is 2. The van der Waals surface area contributed by atoms with Gasteiger partial charge in [-0.2, -0.15) is 0 Å². The standard InChI is InChI=1S/C28H30N2O5S/c1-4-34-28(33)24-22-15-10-17(2)16-23(22)36-27(24)30-26(32)19-11-13-21(14-12-19)35-18(3)25(31)29-20-8-6-5-7-9-20/h5-9,11-14,17-18H,4,10,15-16H2,1-3H3,(H,29,31)(H,30,32)/t17-,18+/m1/s1. The average Bonchev–Trinajstić information content (AvgIpc) is 3.22. The van der Waals surface area contributed by atoms with Gasteiger partial charge in [-0.1, -0.05) is 25.1 Å². The van der Waals surface area contributed by atoms with Gasteiger partial charge in [0.15, 0.2) is 6.10 Å². The van der Waals surface area contributed by atoms with E-state index in [2.05, 4.69) is 17.6 Å². The Morgan fingerprint density at radius 3 is 2.47 bits per heavy atom. The summed E-state index contributed by atoms with van der Waals surface area (Å²) in [4.78, 5) is 39.2. The van der Waals surface area contributed by atoms with Crippen molar-refractivity contribution in [3.8, 4) is 5.75 Å². The third-order valence-electron chi connectivity index (χ3n) is 6.06. The monoisotopic (exact) mass is 506 g/mol. The number of para-hydroxylation sites is 1. The maximum Gasteiger partial charge on any atom is 0.341 e. The molecule has 3 aromatic rings. The fourth-order valence-electron chi connectivity index (χ4n) is 4.14. The number of thiophene rings is 1. The Hall–Kier alpha value is -3.65. The number of rotatable bonds is 8. The molecule has 0 saturated heterocycles. The molecular formula is C28H30N2O5S. The van der Waals surface area contributed by atoms with E-state index in [9.17, 15) is 14.4 Å². The Morgan fingerprint density at radius 1 is 1.06 bits per heavy atom. The summed E-state index contributed by atoms with van der Waals surface area (Å²) in [5.74, 6) is 0.0139. The lowest BCUT2D eigenvalue weighted by Crippen LogP contribution is -2.30. The third-order valence-corrected chi connectivity index (χ3v) is 7.23. The van der Waals surface area contributed by atoms with Gasteiger partial charge in [0.05, 0.1) is 12.2 Å². The second-order valence-corrected chi connectivity index (χ2v) is 9.98. The maximum atomic E-state index is 13.0. The fraction of sp³-hybridized carbons (Fsp3) is 0.321. The normalized spacial score (nSPS) is 15.4. The number of benzene rings is 2. The molecule has 188 valence electrons. The number of ether oxygens (including phenoxy) is 2. The molecule has 1 heterocycles. The maximum absolute atomic E-state index is 13.0. The van der Waals surface area contributed by atoms with Gasteiger partial charge in [0.1, 0.15) is 10.8 Å². The molecule has 0 aliphatic heterocycles. The molecule has 2 aromatic carbocycles. The minimum atomic E-state index is -0.725. The first-order valence-corrected chi connectivity index (χ1v) is 12.9. The number of esters is 1. The van der Waals surface area contributed by atoms with E-state index in [0.717, 1.165) is 29.7 Å². The van der Waals surface area contributed by atoms with Crippen LogP contribution in [0.5, 0.6) is 5.75 Å². The molecule has 0 unspecified atom stereocenters. The van der Waals surface area contributed by atoms with Crippen molar-refractivity contribution in [3.63, 3.8) is 0 Å². The zero-order valence-electron chi connectivity index (χ0n) is 20.6. The van der Waals surface area contributed by atoms with Crippen molar-refractivity contribution >= 4 is 39.8 Å². The van der Waals surface area contributed by atoms with Crippen molar-refractivity contribution in [1.29, 1.82) is 0 Å². The molecule has 1 aromatic heterocycles. The molecule has 0 fully saturated rings. The Kier molecular flexibility index (Phi) is 8.05. The number of amides is 2. The van der Waals surface area contributed by atoms with Crippen LogP contribution < -0.4 is 15.4 Å². The number of hydrogen-bond donors (Lipinski definition) is 2. The molecule has 2 atom stereocenters. The van der Waals surface area contributed by atoms with E-state index < -0.39 is 12.1 Å². The Morgan fingerprint density at radius 2 is 1.78 bits per heavy atom. The molecule has 2 amide bonds. The fourth-order valence-corrected chi connectivity index (χ4v) is 5.54. The van der Waals surface area contributed by atoms with Crippen LogP contribution in [-0.4, -0.2) is 30.5 Å². The molecule has 7 nitrogen and oxygen atoms in total. The lowest BCUT2D eigenvalue weighted by atomic mass is 9.88. The van der Waals surface area contributed by atoms with Crippen molar-refractivity contribution in [2.75, 3.05) is 17.2 Å². The highest BCUT2D eigenvalue weighted by molar-refractivity contribution is 7.17. The summed E-state index contributed by atoms with van der Waals surface area (Å²) in [6.07, 6.45) is 1.98. The number of hydrogen-bond acceptors (Lipinski definition) is 6. The molecule has 2 N–H and O–H groups in total. The van der Waals surface area contributed by atoms with Gasteiger partial charge in [-0.25, -0.2) is 4.79 Å². The average molecular weight is 507 g/mol. The molecule has 0 radical (unpaired) electrons. The predicted molar refractivity (Wildman–Crippen MR) is 141 cm³/mol. The highest BCUT2D eigenvalue weighted by Crippen LogP contribution is 2.40. The summed E-state index contributed by atoms with van der Waals surface area (Å²) in [6.45, 7) is 5.90. The minimum Gasteiger partial charge on any atom is -0.481 e. The van der Waals surface area contributed by atoms with Gasteiger partial charge in [-0.05, 0) is 81.0 Å². The zero-order valence-corrected chi connectivity index (χ0v) is 21.4. The van der Waals surface area contributed by atoms with Crippen molar-refractivity contribution < 1.29 is 23.9 Å². The summed E-state index contributed by atoms with van der Waals surface area (Å²) < 4.78 is 11.0. The van der Waals surface area contributed by atoms with Gasteiger partial charge in [0, 0.05) is 16.1 Å². The number of carbonyl (C=O) groups is 3. The van der Waals surface area contributed by atoms with Gasteiger partial charge in [-0.3, -0.25) is 9.59 Å². The topological polar surface area (TPSA) is 93.7 Å². The molecule has 4 rings (SSSR count). The van der Waals surface area contributed by atoms with E-state index in [1.807, 2.05) is 18.2 Å². The van der Waals surface area contributed by atoms with Crippen LogP contribution in [0.15, 0.2) is 54.6 Å². The lowest BCUT2D eigenvalue weighted by molar-refractivity contribution is -0.122. The summed E-state index contributed by atoms with van der Waals surface area (Å²) in [5.41, 5.74) is 2.59. The molecule has 1 aliphatic rings. The minimum absolute atomic E-state index is 0.273. The van der Waals surface area contributed by atoms with Crippen molar-refractivity contribution in [1.82, 2.24) is 0 Å². The highest BCUT2D eigenvalue weighted by atomic mass is 32.1. The van der Waals surface area contributed by atoms with Crippen LogP contribution in [0.2, 0.25) is 0 Å². The van der Waals surface area contributed by atoms with Crippen LogP contribution >= 0.6 is 11.3 Å². The first kappa shape index (κ1) is 25.4. The van der Waals surface area contributed by atoms with E-state index in [0.29, 0.717) is 33.5 Å². The van der Waals surface area contributed by atoms with E-state index in [1.165, 1.54) is 11.3 Å². The molecule has 0 spiro atoms. The molecule has 36 heavy (non-hydrogen) atoms. The van der Waals surface area contributed by atoms with Crippen LogP contribution in [0, 0.1) is 5.92 Å². The van der Waals surface area contributed by atoms with E-state index >= 15 is 0 Å². The summed E-state index contributed by atoms with van der Waals surface area (Å²) in [7, 11) is 0. The molecular weight excluding hydrogens is 476 g/mol. The summed E-state index contributed by atoms with van der Waals surface area (Å²) >= 11 is 1.46. The van der Waals surface area contributed by atoms with E-state index in [-0.39, 0.29) is 18.4 Å². The number of carbonyl (C=O) groups excluding carboxylic acids is 3. The smallest absolute Gasteiger partial charge is 0.341 e. The van der Waals surface area contributed by atoms with Gasteiger partial charge in [-0.15, -0.1) is 11.3 Å². The molecule has 1 aliphatic carbocycles. The largest absolute Gasteiger partial charge is 0.481 e. The molecule has 8 heteroatoms. The van der Waals surface area contributed by atoms with Crippen LogP contribution in [0.1, 0.15) is 58.3 Å². The second-order valence-electron chi connectivity index (χ2n) is 8.87. The SMILES string of the molecule is CCOC(=O)c1c(NC(=O)c2ccc(O[C@@H](C)C(=O)Nc3ccccc3)cc2)sc2c1CC[C@@H](C)C2. The highest BCUT2D eigenvalue weighted by Gasteiger charge is 2.29. The van der Waals surface area contributed by atoms with Gasteiger partial charge in [0.2, 0.25) is 0 Å². The lowest BCUT2D eigenvalue weighted by Gasteiger charge is -2.18. The van der Waals surface area contributed by atoms with Crippen LogP contribution in [-0.2, 0) is 22.4 Å². The predicted octanol–water partition coefficient (Wildman–Crippen LogP) is 5.71. The number of fused-ring (bicyclic) bond motifs is 1. The quantitative estimate of drug-likeness (QED) is 0.382. The van der Waals surface area contributed by atoms with E-state index in [1.54, 1.807) is 50.2 Å². The Bertz CT molecular complexity index is 1240. The summed E-state index contributed by atoms with van der Waals surface area (Å²) in [6, 6.07) is 15.7. The first-order chi connectivity index (χ1) is 17.4. The van der Waals surface area contributed by atoms with Crippen molar-refractivity contribution in [2.24, 2.45) is 5.92 Å². The number of anilines is 2. The van der Waals surface area contributed by atoms with Crippen molar-refractivity contribution in [3.05, 3.63) is 76.2 Å². The van der Waals surface area contributed by atoms with Gasteiger partial charge in [0.25, 0.3) is 11.8 Å². The van der Waals surface area contributed by atoms with Crippen LogP contribution in [0.25, 0.3) is 0 Å². The zero-order chi connectivity index (χ0) is 25.7. The van der Waals surface area contributed by atoms with Gasteiger partial charge >= 0.3 is 5.97 Å². The summed E-state index contributed by atoms with van der Waals surface area (Å²) in [5, 5.41) is 6.25. The van der Waals surface area contributed by atoms with Crippen LogP contribution in [0.3, 0.4) is 0 Å². The van der Waals surface area contributed by atoms with Crippen LogP contribution in [0.4, 0.5) is 10.7 Å². The third kappa shape index (κ3) is 5.94. The van der Waals surface area contributed by atoms with Crippen molar-refractivity contribution in [2.45, 2.75) is 46.1 Å².